The second-order valence-corrected chi connectivity index (χ2v) is 18.8. The van der Waals surface area contributed by atoms with Gasteiger partial charge in [0.2, 0.25) is 0 Å². The number of rotatable bonds is 7. The molecule has 15 rings (SSSR count). The van der Waals surface area contributed by atoms with E-state index in [2.05, 4.69) is 93.3 Å². The van der Waals surface area contributed by atoms with E-state index in [0.717, 1.165) is 86.7 Å². The van der Waals surface area contributed by atoms with Crippen molar-refractivity contribution in [1.82, 2.24) is 60.5 Å². The molecule has 72 heavy (non-hydrogen) atoms. The minimum Gasteiger partial charge on any atom is -0.354 e. The SMILES string of the molecule is c1ccc(C2(c3nccc4ccccc34)NN=C(c3ccc4ccccc4n3)c3c(-c4ncc5[nH]cnc5n4)c(-c4n[nH]c5ccccc45)c(-c4cc5ccccc5[nH]4)c(-c4nc5ccccc5s4)c32)nc1. The van der Waals surface area contributed by atoms with Crippen LogP contribution in [-0.4, -0.2) is 60.8 Å². The van der Waals surface area contributed by atoms with Crippen LogP contribution in [0.3, 0.4) is 0 Å². The summed E-state index contributed by atoms with van der Waals surface area (Å²) in [6, 6.07) is 55.6. The number of hydrogen-bond donors (Lipinski definition) is 4. The van der Waals surface area contributed by atoms with Crippen LogP contribution in [0, 0.1) is 0 Å². The summed E-state index contributed by atoms with van der Waals surface area (Å²) >= 11 is 1.62. The minimum atomic E-state index is -1.43. The summed E-state index contributed by atoms with van der Waals surface area (Å²) in [6.45, 7) is 0. The van der Waals surface area contributed by atoms with E-state index in [9.17, 15) is 0 Å². The predicted octanol–water partition coefficient (Wildman–Crippen LogP) is 12.1. The van der Waals surface area contributed by atoms with Crippen molar-refractivity contribution in [1.29, 1.82) is 0 Å². The van der Waals surface area contributed by atoms with Crippen LogP contribution < -0.4 is 5.43 Å². The Hall–Kier alpha value is -9.79. The van der Waals surface area contributed by atoms with Crippen molar-refractivity contribution in [3.63, 3.8) is 0 Å². The Morgan fingerprint density at radius 1 is 0.528 bits per heavy atom. The van der Waals surface area contributed by atoms with Crippen LogP contribution >= 0.6 is 11.3 Å². The fourth-order valence-corrected chi connectivity index (χ4v) is 11.6. The van der Waals surface area contributed by atoms with E-state index < -0.39 is 5.54 Å². The summed E-state index contributed by atoms with van der Waals surface area (Å²) in [5, 5.41) is 19.9. The summed E-state index contributed by atoms with van der Waals surface area (Å²) in [4.78, 5) is 44.2. The molecule has 0 saturated heterocycles. The largest absolute Gasteiger partial charge is 0.354 e. The van der Waals surface area contributed by atoms with E-state index in [1.54, 1.807) is 23.9 Å². The number of para-hydroxylation sites is 4. The molecule has 338 valence electrons. The summed E-state index contributed by atoms with van der Waals surface area (Å²) in [5.41, 5.74) is 15.6. The zero-order valence-corrected chi connectivity index (χ0v) is 38.6. The first kappa shape index (κ1) is 40.1. The Morgan fingerprint density at radius 3 is 2.19 bits per heavy atom. The van der Waals surface area contributed by atoms with Gasteiger partial charge in [0.05, 0.1) is 50.9 Å². The smallest absolute Gasteiger partial charge is 0.181 e. The second-order valence-electron chi connectivity index (χ2n) is 17.8. The molecule has 6 aromatic carbocycles. The number of fused-ring (bicyclic) bond motifs is 7. The van der Waals surface area contributed by atoms with Crippen LogP contribution in [0.1, 0.15) is 28.2 Å². The van der Waals surface area contributed by atoms with Crippen molar-refractivity contribution in [2.45, 2.75) is 5.54 Å². The number of imidazole rings is 1. The maximum absolute atomic E-state index is 5.61. The predicted molar refractivity (Wildman–Crippen MR) is 284 cm³/mol. The first-order chi connectivity index (χ1) is 35.7. The summed E-state index contributed by atoms with van der Waals surface area (Å²) in [5.74, 6) is 0.400. The van der Waals surface area contributed by atoms with Gasteiger partial charge in [-0.15, -0.1) is 11.3 Å². The molecule has 1 aliphatic heterocycles. The van der Waals surface area contributed by atoms with Gasteiger partial charge >= 0.3 is 0 Å². The fraction of sp³-hybridized carbons (Fsp3) is 0.0172. The lowest BCUT2D eigenvalue weighted by molar-refractivity contribution is 0.463. The molecule has 0 fully saturated rings. The Kier molecular flexibility index (Phi) is 8.70. The summed E-state index contributed by atoms with van der Waals surface area (Å²) < 4.78 is 1.02. The molecule has 0 amide bonds. The summed E-state index contributed by atoms with van der Waals surface area (Å²) in [7, 11) is 0. The van der Waals surface area contributed by atoms with E-state index in [4.69, 9.17) is 45.1 Å². The van der Waals surface area contributed by atoms with Gasteiger partial charge in [-0.25, -0.2) is 24.9 Å². The normalized spacial score (nSPS) is 14.6. The number of thiazole rings is 1. The van der Waals surface area contributed by atoms with Gasteiger partial charge in [-0.3, -0.25) is 20.5 Å². The van der Waals surface area contributed by atoms with E-state index in [1.807, 2.05) is 103 Å². The number of benzene rings is 6. The number of nitrogens with zero attached hydrogens (tertiary/aromatic N) is 9. The second kappa shape index (κ2) is 15.6. The molecule has 0 saturated carbocycles. The van der Waals surface area contributed by atoms with Gasteiger partial charge in [0.25, 0.3) is 0 Å². The van der Waals surface area contributed by atoms with Gasteiger partial charge in [-0.2, -0.15) is 10.2 Å². The molecule has 0 spiro atoms. The van der Waals surface area contributed by atoms with E-state index >= 15 is 0 Å². The maximum Gasteiger partial charge on any atom is 0.181 e. The van der Waals surface area contributed by atoms with E-state index in [1.165, 1.54) is 0 Å². The van der Waals surface area contributed by atoms with Crippen molar-refractivity contribution in [2.75, 3.05) is 0 Å². The Balaban J connectivity index is 1.25. The highest BCUT2D eigenvalue weighted by Gasteiger charge is 2.51. The van der Waals surface area contributed by atoms with E-state index in [0.29, 0.717) is 56.6 Å². The Morgan fingerprint density at radius 2 is 1.32 bits per heavy atom. The Labute approximate surface area is 412 Å². The van der Waals surface area contributed by atoms with Crippen LogP contribution in [0.15, 0.2) is 194 Å². The molecule has 0 bridgehead atoms. The average molecular weight is 946 g/mol. The number of hydrogen-bond acceptors (Lipinski definition) is 11. The first-order valence-electron chi connectivity index (χ1n) is 23.4. The van der Waals surface area contributed by atoms with Crippen LogP contribution in [0.4, 0.5) is 0 Å². The molecule has 14 heteroatoms. The molecule has 9 heterocycles. The number of pyridine rings is 3. The zero-order valence-electron chi connectivity index (χ0n) is 37.8. The summed E-state index contributed by atoms with van der Waals surface area (Å²) in [6.07, 6.45) is 7.12. The third-order valence-electron chi connectivity index (χ3n) is 13.8. The number of aromatic nitrogens is 11. The third-order valence-corrected chi connectivity index (χ3v) is 14.8. The molecule has 1 atom stereocenters. The number of H-pyrrole nitrogens is 3. The fourth-order valence-electron chi connectivity index (χ4n) is 10.6. The third kappa shape index (κ3) is 5.96. The molecular formula is C58H35N13S. The van der Waals surface area contributed by atoms with Gasteiger partial charge in [0, 0.05) is 78.5 Å². The monoisotopic (exact) mass is 945 g/mol. The molecule has 4 N–H and O–H groups in total. The highest BCUT2D eigenvalue weighted by molar-refractivity contribution is 7.21. The van der Waals surface area contributed by atoms with Crippen molar-refractivity contribution in [3.8, 4) is 44.5 Å². The molecule has 1 aliphatic rings. The Bertz CT molecular complexity index is 4460. The van der Waals surface area contributed by atoms with Gasteiger partial charge in [0.1, 0.15) is 21.9 Å². The van der Waals surface area contributed by atoms with Crippen molar-refractivity contribution < 1.29 is 0 Å². The topological polar surface area (TPSA) is 175 Å². The number of aromatic amines is 3. The standard InChI is InChI=1S/C58H35N13S/c1-4-16-35-32(13-1)26-28-60-54(35)58(45-23-11-12-27-59-45)51-49(53(70-71-58)41-25-24-33-14-2-6-18-37(33)64-41)48(56-61-30-43-55(67-56)63-31-62-43)47(52-36-17-5-8-20-39(36)68-69-52)46(42-29-34-15-3-7-19-38(34)65-42)50(51)57-66-40-21-9-10-22-44(40)72-57/h1-31,65,71H,(H,68,69)(H,61,62,63,67). The lowest BCUT2D eigenvalue weighted by atomic mass is 9.70. The molecule has 14 aromatic rings. The van der Waals surface area contributed by atoms with E-state index in [-0.39, 0.29) is 0 Å². The van der Waals surface area contributed by atoms with Gasteiger partial charge in [-0.05, 0) is 66.0 Å². The highest BCUT2D eigenvalue weighted by Crippen LogP contribution is 2.57. The van der Waals surface area contributed by atoms with Gasteiger partial charge in [0.15, 0.2) is 17.0 Å². The molecule has 1 unspecified atom stereocenters. The molecule has 0 aliphatic carbocycles. The first-order valence-corrected chi connectivity index (χ1v) is 24.3. The lowest BCUT2D eigenvalue weighted by Gasteiger charge is -2.41. The van der Waals surface area contributed by atoms with Gasteiger partial charge < -0.3 is 9.97 Å². The number of nitrogens with one attached hydrogen (secondary N) is 4. The van der Waals surface area contributed by atoms with Crippen LogP contribution in [0.2, 0.25) is 0 Å². The van der Waals surface area contributed by atoms with Crippen LogP contribution in [0.25, 0.3) is 109 Å². The zero-order chi connectivity index (χ0) is 47.3. The van der Waals surface area contributed by atoms with Crippen molar-refractivity contribution in [2.24, 2.45) is 5.10 Å². The van der Waals surface area contributed by atoms with Gasteiger partial charge in [-0.1, -0.05) is 103 Å². The average Bonchev–Trinajstić information content (AvgIpc) is 4.28. The van der Waals surface area contributed by atoms with Crippen LogP contribution in [-0.2, 0) is 5.54 Å². The molecular weight excluding hydrogens is 911 g/mol. The highest BCUT2D eigenvalue weighted by atomic mass is 32.1. The maximum atomic E-state index is 5.61. The minimum absolute atomic E-state index is 0.400. The quantitative estimate of drug-likeness (QED) is 0.121. The molecule has 13 nitrogen and oxygen atoms in total. The molecule has 8 aromatic heterocycles. The van der Waals surface area contributed by atoms with Crippen molar-refractivity contribution in [3.05, 3.63) is 217 Å². The van der Waals surface area contributed by atoms with Crippen LogP contribution in [0.5, 0.6) is 0 Å². The lowest BCUT2D eigenvalue weighted by Crippen LogP contribution is -2.48. The van der Waals surface area contributed by atoms with Crippen molar-refractivity contribution >= 4 is 81.9 Å². The number of hydrazone groups is 1. The molecule has 0 radical (unpaired) electrons.